The summed E-state index contributed by atoms with van der Waals surface area (Å²) in [5, 5.41) is 24.1. The molecule has 2 heterocycles. The van der Waals surface area contributed by atoms with Crippen molar-refractivity contribution in [3.05, 3.63) is 46.7 Å². The van der Waals surface area contributed by atoms with Gasteiger partial charge >= 0.3 is 0 Å². The van der Waals surface area contributed by atoms with Crippen LogP contribution in [0, 0.1) is 6.92 Å². The highest BCUT2D eigenvalue weighted by molar-refractivity contribution is 7.10. The Morgan fingerprint density at radius 1 is 1.13 bits per heavy atom. The van der Waals surface area contributed by atoms with Crippen molar-refractivity contribution < 1.29 is 14.2 Å². The van der Waals surface area contributed by atoms with Crippen molar-refractivity contribution in [2.45, 2.75) is 50.9 Å². The number of phenolic OH excluding ortho intramolecular Hbond substituents is 1. The molecule has 5 nitrogen and oxygen atoms in total. The van der Waals surface area contributed by atoms with Crippen LogP contribution in [0.25, 0.3) is 22.4 Å². The number of thiophene rings is 1. The Balaban J connectivity index is 1.49. The summed E-state index contributed by atoms with van der Waals surface area (Å²) in [6.07, 6.45) is 1.34. The molecule has 1 fully saturated rings. The average molecular weight is 428 g/mol. The molecule has 4 rings (SSSR count). The highest BCUT2D eigenvalue weighted by Gasteiger charge is 2.29. The first kappa shape index (κ1) is 20.8. The molecule has 0 spiro atoms. The lowest BCUT2D eigenvalue weighted by molar-refractivity contribution is 0.0837. The first-order valence-electron chi connectivity index (χ1n) is 10.2. The molecule has 0 aliphatic heterocycles. The molecule has 0 radical (unpaired) electrons. The Kier molecular flexibility index (Phi) is 6.29. The van der Waals surface area contributed by atoms with E-state index in [0.29, 0.717) is 30.0 Å². The lowest BCUT2D eigenvalue weighted by Crippen LogP contribution is -2.35. The lowest BCUT2D eigenvalue weighted by atomic mass is 10.0. The minimum atomic E-state index is -1.01. The Morgan fingerprint density at radius 3 is 2.67 bits per heavy atom. The Hall–Kier alpha value is -2.51. The van der Waals surface area contributed by atoms with Crippen molar-refractivity contribution in [3.8, 4) is 34.0 Å². The molecule has 1 aliphatic carbocycles. The summed E-state index contributed by atoms with van der Waals surface area (Å²) in [5.41, 5.74) is 3.17. The van der Waals surface area contributed by atoms with Crippen molar-refractivity contribution in [2.75, 3.05) is 7.05 Å². The van der Waals surface area contributed by atoms with E-state index in [1.54, 1.807) is 29.5 Å². The Morgan fingerprint density at radius 2 is 2.00 bits per heavy atom. The monoisotopic (exact) mass is 427 g/mol. The predicted molar refractivity (Wildman–Crippen MR) is 118 cm³/mol. The first-order chi connectivity index (χ1) is 14.5. The van der Waals surface area contributed by atoms with E-state index in [2.05, 4.69) is 33.9 Å². The molecule has 2 unspecified atom stereocenters. The molecule has 1 aromatic carbocycles. The molecule has 1 aliphatic rings. The second kappa shape index (κ2) is 9.10. The molecule has 0 saturated heterocycles. The van der Waals surface area contributed by atoms with Crippen molar-refractivity contribution in [3.63, 3.8) is 0 Å². The smallest absolute Gasteiger partial charge is 0.233 e. The van der Waals surface area contributed by atoms with Crippen LogP contribution in [0.1, 0.15) is 30.6 Å². The quantitative estimate of drug-likeness (QED) is 0.552. The van der Waals surface area contributed by atoms with Crippen LogP contribution in [-0.2, 0) is 0 Å². The predicted octanol–water partition coefficient (Wildman–Crippen LogP) is 5.13. The minimum absolute atomic E-state index is 0.142. The molecule has 2 aromatic heterocycles. The van der Waals surface area contributed by atoms with Gasteiger partial charge in [-0.05, 0) is 74.0 Å². The van der Waals surface area contributed by atoms with Gasteiger partial charge in [0.25, 0.3) is 0 Å². The van der Waals surface area contributed by atoms with Gasteiger partial charge < -0.3 is 15.2 Å². The van der Waals surface area contributed by atoms with Crippen molar-refractivity contribution in [1.29, 1.82) is 0 Å². The molecule has 30 heavy (non-hydrogen) atoms. The lowest BCUT2D eigenvalue weighted by Gasteiger charge is -2.22. The maximum Gasteiger partial charge on any atom is 0.233 e. The summed E-state index contributed by atoms with van der Waals surface area (Å²) in [6.45, 7) is 2.06. The molecule has 1 saturated carbocycles. The van der Waals surface area contributed by atoms with Gasteiger partial charge in [-0.3, -0.25) is 0 Å². The summed E-state index contributed by atoms with van der Waals surface area (Å²) < 4.78 is 20.3. The third kappa shape index (κ3) is 4.63. The van der Waals surface area contributed by atoms with Gasteiger partial charge in [0.2, 0.25) is 5.88 Å². The van der Waals surface area contributed by atoms with E-state index in [1.807, 2.05) is 19.2 Å². The second-order valence-electron chi connectivity index (χ2n) is 7.76. The van der Waals surface area contributed by atoms with Crippen LogP contribution in [0.3, 0.4) is 0 Å². The zero-order valence-electron chi connectivity index (χ0n) is 17.1. The largest absolute Gasteiger partial charge is 0.507 e. The van der Waals surface area contributed by atoms with Crippen molar-refractivity contribution in [2.24, 2.45) is 0 Å². The fourth-order valence-electron chi connectivity index (χ4n) is 3.88. The van der Waals surface area contributed by atoms with Gasteiger partial charge in [0, 0.05) is 29.0 Å². The van der Waals surface area contributed by atoms with Crippen LogP contribution in [0.15, 0.2) is 41.8 Å². The van der Waals surface area contributed by atoms with Gasteiger partial charge in [-0.1, -0.05) is 6.07 Å². The number of hydrogen-bond acceptors (Lipinski definition) is 6. The van der Waals surface area contributed by atoms with Gasteiger partial charge in [0.05, 0.1) is 5.69 Å². The molecular formula is C23H26FN3O2S. The fraction of sp³-hybridized carbons (Fsp3) is 0.391. The zero-order chi connectivity index (χ0) is 21.1. The summed E-state index contributed by atoms with van der Waals surface area (Å²) in [6, 6.07) is 11.3. The van der Waals surface area contributed by atoms with E-state index < -0.39 is 12.3 Å². The topological polar surface area (TPSA) is 67.3 Å². The highest BCUT2D eigenvalue weighted by atomic mass is 32.1. The third-order valence-electron chi connectivity index (χ3n) is 5.61. The number of phenols is 1. The highest BCUT2D eigenvalue weighted by Crippen LogP contribution is 2.34. The number of aromatic hydroxyl groups is 1. The molecule has 2 N–H and O–H groups in total. The molecular weight excluding hydrogens is 401 g/mol. The van der Waals surface area contributed by atoms with Gasteiger partial charge in [0.15, 0.2) is 0 Å². The summed E-state index contributed by atoms with van der Waals surface area (Å²) in [5.74, 6) is 0.441. The number of alkyl halides is 1. The number of rotatable bonds is 5. The normalized spacial score (nSPS) is 21.9. The average Bonchev–Trinajstić information content (AvgIpc) is 3.10. The van der Waals surface area contributed by atoms with E-state index in [9.17, 15) is 9.50 Å². The summed E-state index contributed by atoms with van der Waals surface area (Å²) in [7, 11) is 1.90. The van der Waals surface area contributed by atoms with Crippen LogP contribution >= 0.6 is 11.3 Å². The summed E-state index contributed by atoms with van der Waals surface area (Å²) in [4.78, 5) is 1.22. The number of ether oxygens (including phenoxy) is 1. The van der Waals surface area contributed by atoms with Gasteiger partial charge in [-0.25, -0.2) is 4.39 Å². The van der Waals surface area contributed by atoms with Crippen molar-refractivity contribution >= 4 is 11.3 Å². The van der Waals surface area contributed by atoms with Gasteiger partial charge in [-0.2, -0.15) is 0 Å². The van der Waals surface area contributed by atoms with E-state index >= 15 is 0 Å². The Labute approximate surface area is 179 Å². The minimum Gasteiger partial charge on any atom is -0.507 e. The van der Waals surface area contributed by atoms with Crippen LogP contribution in [0.5, 0.6) is 11.6 Å². The van der Waals surface area contributed by atoms with Crippen LogP contribution in [0.4, 0.5) is 4.39 Å². The number of aromatic nitrogens is 2. The van der Waals surface area contributed by atoms with E-state index in [1.165, 1.54) is 4.88 Å². The Bertz CT molecular complexity index is 992. The molecule has 3 aromatic rings. The van der Waals surface area contributed by atoms with Crippen LogP contribution in [-0.4, -0.2) is 40.7 Å². The van der Waals surface area contributed by atoms with Crippen LogP contribution in [0.2, 0.25) is 0 Å². The zero-order valence-corrected chi connectivity index (χ0v) is 18.0. The number of hydrogen-bond donors (Lipinski definition) is 2. The molecule has 7 heteroatoms. The van der Waals surface area contributed by atoms with Gasteiger partial charge in [-0.15, -0.1) is 21.5 Å². The van der Waals surface area contributed by atoms with Crippen molar-refractivity contribution in [1.82, 2.24) is 15.5 Å². The number of nitrogens with one attached hydrogen (secondary N) is 1. The number of halogens is 1. The number of aryl methyl sites for hydroxylation is 1. The standard InChI is InChI=1S/C23H26FN3O2S/c1-14-10-16(13-30-14)15-6-7-18(21(28)11-15)20-8-9-23(27-26-20)29-22-12-17(25-2)4-3-5-19(22)24/h6-11,13,17,19,22,25,28H,3-5,12H2,1-2H3/t17?,19?,22-/m0/s1. The fourth-order valence-corrected chi connectivity index (χ4v) is 4.59. The van der Waals surface area contributed by atoms with E-state index in [0.717, 1.165) is 24.0 Å². The van der Waals surface area contributed by atoms with E-state index in [4.69, 9.17) is 4.74 Å². The maximum atomic E-state index is 14.4. The molecule has 3 atom stereocenters. The molecule has 0 amide bonds. The molecule has 0 bridgehead atoms. The van der Waals surface area contributed by atoms with Crippen LogP contribution < -0.4 is 10.1 Å². The first-order valence-corrected chi connectivity index (χ1v) is 11.1. The number of nitrogens with zero attached hydrogens (tertiary/aromatic N) is 2. The summed E-state index contributed by atoms with van der Waals surface area (Å²) >= 11 is 1.68. The maximum absolute atomic E-state index is 14.4. The second-order valence-corrected chi connectivity index (χ2v) is 8.87. The number of benzene rings is 1. The third-order valence-corrected chi connectivity index (χ3v) is 6.47. The SMILES string of the molecule is CNC1CCCC(F)[C@@H](Oc2ccc(-c3ccc(-c4csc(C)c4)cc3O)nn2)C1. The van der Waals surface area contributed by atoms with E-state index in [-0.39, 0.29) is 11.8 Å². The van der Waals surface area contributed by atoms with Gasteiger partial charge in [0.1, 0.15) is 18.0 Å². The molecule has 158 valence electrons.